The molecule has 0 aromatic carbocycles. The van der Waals surface area contributed by atoms with Crippen LogP contribution >= 0.6 is 0 Å². The van der Waals surface area contributed by atoms with E-state index in [0.29, 0.717) is 6.42 Å². The van der Waals surface area contributed by atoms with E-state index in [1.807, 2.05) is 0 Å². The largest absolute Gasteiger partial charge is 0.387 e. The molecule has 5 nitrogen and oxygen atoms in total. The number of methoxy groups -OCH3 is 1. The quantitative estimate of drug-likeness (QED) is 0.515. The van der Waals surface area contributed by atoms with E-state index >= 15 is 0 Å². The normalized spacial score (nSPS) is 46.4. The van der Waals surface area contributed by atoms with Crippen LogP contribution in [0.1, 0.15) is 13.3 Å². The lowest BCUT2D eigenvalue weighted by Gasteiger charge is -2.42. The van der Waals surface area contributed by atoms with Crippen molar-refractivity contribution in [2.24, 2.45) is 0 Å². The zero-order chi connectivity index (χ0) is 10.1. The second-order valence-electron chi connectivity index (χ2n) is 3.31. The van der Waals surface area contributed by atoms with Crippen molar-refractivity contribution in [1.82, 2.24) is 0 Å². The third kappa shape index (κ3) is 1.84. The molecule has 0 bridgehead atoms. The van der Waals surface area contributed by atoms with E-state index in [2.05, 4.69) is 0 Å². The van der Waals surface area contributed by atoms with Gasteiger partial charge >= 0.3 is 0 Å². The smallest absolute Gasteiger partial charge is 0.185 e. The molecule has 1 aliphatic rings. The van der Waals surface area contributed by atoms with Crippen molar-refractivity contribution in [2.45, 2.75) is 37.4 Å². The highest BCUT2D eigenvalue weighted by molar-refractivity contribution is 4.94. The van der Waals surface area contributed by atoms with Crippen LogP contribution in [0.3, 0.4) is 0 Å². The van der Waals surface area contributed by atoms with Crippen molar-refractivity contribution in [2.75, 3.05) is 13.7 Å². The molecule has 0 aliphatic carbocycles. The van der Waals surface area contributed by atoms with Crippen LogP contribution in [0, 0.1) is 0 Å². The molecule has 0 saturated carbocycles. The Morgan fingerprint density at radius 2 is 2.15 bits per heavy atom. The Balaban J connectivity index is 2.69. The van der Waals surface area contributed by atoms with Gasteiger partial charge in [-0.3, -0.25) is 0 Å². The van der Waals surface area contributed by atoms with Crippen molar-refractivity contribution in [1.29, 1.82) is 0 Å². The number of rotatable bonds is 2. The van der Waals surface area contributed by atoms with Gasteiger partial charge in [0, 0.05) is 7.11 Å². The van der Waals surface area contributed by atoms with Crippen LogP contribution in [0.2, 0.25) is 0 Å². The number of hydrogen-bond acceptors (Lipinski definition) is 5. The van der Waals surface area contributed by atoms with E-state index in [1.54, 1.807) is 6.92 Å². The molecular formula is C8H16O5. The maximum atomic E-state index is 9.74. The van der Waals surface area contributed by atoms with Gasteiger partial charge in [-0.1, -0.05) is 6.92 Å². The predicted octanol–water partition coefficient (Wildman–Crippen LogP) is -1.15. The Morgan fingerprint density at radius 1 is 1.54 bits per heavy atom. The highest BCUT2D eigenvalue weighted by atomic mass is 16.7. The maximum Gasteiger partial charge on any atom is 0.185 e. The fraction of sp³-hybridized carbons (Fsp3) is 1.00. The summed E-state index contributed by atoms with van der Waals surface area (Å²) in [5.74, 6) is 0. The van der Waals surface area contributed by atoms with E-state index in [0.717, 1.165) is 0 Å². The Kier molecular flexibility index (Phi) is 3.26. The van der Waals surface area contributed by atoms with Crippen molar-refractivity contribution < 1.29 is 24.8 Å². The van der Waals surface area contributed by atoms with Crippen LogP contribution in [0.5, 0.6) is 0 Å². The topological polar surface area (TPSA) is 79.2 Å². The van der Waals surface area contributed by atoms with Gasteiger partial charge in [0.05, 0.1) is 6.61 Å². The summed E-state index contributed by atoms with van der Waals surface area (Å²) in [7, 11) is 1.37. The van der Waals surface area contributed by atoms with Gasteiger partial charge in [-0.2, -0.15) is 0 Å². The van der Waals surface area contributed by atoms with Crippen molar-refractivity contribution >= 4 is 0 Å². The molecule has 78 valence electrons. The van der Waals surface area contributed by atoms with E-state index in [4.69, 9.17) is 9.47 Å². The van der Waals surface area contributed by atoms with Crippen molar-refractivity contribution in [3.8, 4) is 0 Å². The first-order chi connectivity index (χ1) is 6.05. The first-order valence-electron chi connectivity index (χ1n) is 4.28. The molecule has 1 fully saturated rings. The second kappa shape index (κ2) is 3.89. The lowest BCUT2D eigenvalue weighted by Crippen LogP contribution is -2.61. The standard InChI is InChI=1S/C8H16O5/c1-3-8(11)4-13-7(12-2)5(9)6(8)10/h5-7,9-11H,3-4H2,1-2H3/t5?,6?,7-,8-/m1/s1. The van der Waals surface area contributed by atoms with Crippen molar-refractivity contribution in [3.63, 3.8) is 0 Å². The van der Waals surface area contributed by atoms with E-state index < -0.39 is 24.1 Å². The highest BCUT2D eigenvalue weighted by Gasteiger charge is 2.47. The van der Waals surface area contributed by atoms with Crippen LogP contribution in [0.25, 0.3) is 0 Å². The van der Waals surface area contributed by atoms with E-state index in [1.165, 1.54) is 7.11 Å². The third-order valence-electron chi connectivity index (χ3n) is 2.49. The lowest BCUT2D eigenvalue weighted by molar-refractivity contribution is -0.292. The first kappa shape index (κ1) is 10.9. The fourth-order valence-electron chi connectivity index (χ4n) is 1.40. The molecule has 1 saturated heterocycles. The van der Waals surface area contributed by atoms with Gasteiger partial charge in [0.15, 0.2) is 6.29 Å². The Hall–Kier alpha value is -0.200. The summed E-state index contributed by atoms with van der Waals surface area (Å²) in [6.07, 6.45) is -2.97. The summed E-state index contributed by atoms with van der Waals surface area (Å²) in [5.41, 5.74) is -1.37. The minimum Gasteiger partial charge on any atom is -0.387 e. The number of aliphatic hydroxyl groups excluding tert-OH is 2. The number of ether oxygens (including phenoxy) is 2. The minimum absolute atomic E-state index is 0.0275. The SMILES string of the molecule is CC[C@@]1(O)CO[C@@H](OC)C(O)C1O. The molecule has 0 amide bonds. The molecule has 2 unspecified atom stereocenters. The summed E-state index contributed by atoms with van der Waals surface area (Å²) < 4.78 is 9.80. The Morgan fingerprint density at radius 3 is 2.62 bits per heavy atom. The molecule has 0 aromatic heterocycles. The molecule has 1 heterocycles. The third-order valence-corrected chi connectivity index (χ3v) is 2.49. The molecule has 0 aromatic rings. The average Bonchev–Trinajstić information content (AvgIpc) is 2.15. The van der Waals surface area contributed by atoms with Gasteiger partial charge < -0.3 is 24.8 Å². The van der Waals surface area contributed by atoms with Gasteiger partial charge in [0.2, 0.25) is 0 Å². The second-order valence-corrected chi connectivity index (χ2v) is 3.31. The van der Waals surface area contributed by atoms with Crippen LogP contribution < -0.4 is 0 Å². The van der Waals surface area contributed by atoms with Crippen LogP contribution in [0.4, 0.5) is 0 Å². The molecule has 13 heavy (non-hydrogen) atoms. The molecule has 0 spiro atoms. The van der Waals surface area contributed by atoms with Gasteiger partial charge in [0.25, 0.3) is 0 Å². The lowest BCUT2D eigenvalue weighted by atomic mass is 9.88. The van der Waals surface area contributed by atoms with E-state index in [-0.39, 0.29) is 6.61 Å². The van der Waals surface area contributed by atoms with Gasteiger partial charge in [-0.25, -0.2) is 0 Å². The molecule has 4 atom stereocenters. The summed E-state index contributed by atoms with van der Waals surface area (Å²) in [6.45, 7) is 1.69. The monoisotopic (exact) mass is 192 g/mol. The molecule has 5 heteroatoms. The van der Waals surface area contributed by atoms with Gasteiger partial charge in [-0.05, 0) is 6.42 Å². The summed E-state index contributed by atoms with van der Waals surface area (Å²) in [5, 5.41) is 28.7. The zero-order valence-electron chi connectivity index (χ0n) is 7.80. The minimum atomic E-state index is -1.37. The summed E-state index contributed by atoms with van der Waals surface area (Å²) >= 11 is 0. The predicted molar refractivity (Wildman–Crippen MR) is 44.0 cm³/mol. The zero-order valence-corrected chi connectivity index (χ0v) is 7.80. The molecule has 0 radical (unpaired) electrons. The van der Waals surface area contributed by atoms with Crippen LogP contribution in [0.15, 0.2) is 0 Å². The summed E-state index contributed by atoms with van der Waals surface area (Å²) in [4.78, 5) is 0. The van der Waals surface area contributed by atoms with Crippen LogP contribution in [-0.4, -0.2) is 53.1 Å². The number of aliphatic hydroxyl groups is 3. The van der Waals surface area contributed by atoms with Crippen molar-refractivity contribution in [3.05, 3.63) is 0 Å². The molecule has 1 rings (SSSR count). The maximum absolute atomic E-state index is 9.74. The molecular weight excluding hydrogens is 176 g/mol. The molecule has 1 aliphatic heterocycles. The Labute approximate surface area is 76.9 Å². The summed E-state index contributed by atoms with van der Waals surface area (Å²) in [6, 6.07) is 0. The van der Waals surface area contributed by atoms with Crippen LogP contribution in [-0.2, 0) is 9.47 Å². The number of hydrogen-bond donors (Lipinski definition) is 3. The van der Waals surface area contributed by atoms with Gasteiger partial charge in [-0.15, -0.1) is 0 Å². The first-order valence-corrected chi connectivity index (χ1v) is 4.28. The highest BCUT2D eigenvalue weighted by Crippen LogP contribution is 2.26. The van der Waals surface area contributed by atoms with Gasteiger partial charge in [0.1, 0.15) is 17.8 Å². The van der Waals surface area contributed by atoms with E-state index in [9.17, 15) is 15.3 Å². The Bertz CT molecular complexity index is 174. The fourth-order valence-corrected chi connectivity index (χ4v) is 1.40. The average molecular weight is 192 g/mol. The molecule has 3 N–H and O–H groups in total.